The predicted octanol–water partition coefficient (Wildman–Crippen LogP) is 6.06. The van der Waals surface area contributed by atoms with E-state index in [2.05, 4.69) is 10.5 Å². The van der Waals surface area contributed by atoms with Crippen LogP contribution in [0.2, 0.25) is 10.0 Å². The minimum Gasteiger partial charge on any atom is -0.497 e. The topological polar surface area (TPSA) is 93.0 Å². The number of ether oxygens (including phenoxy) is 1. The van der Waals surface area contributed by atoms with Crippen molar-refractivity contribution in [1.82, 2.24) is 9.99 Å². The maximum atomic E-state index is 13.5. The molecule has 0 atom stereocenters. The summed E-state index contributed by atoms with van der Waals surface area (Å²) in [6, 6.07) is 20.1. The monoisotopic (exact) mass is 598 g/mol. The molecule has 4 rings (SSSR count). The highest BCUT2D eigenvalue weighted by atomic mass is 35.5. The van der Waals surface area contributed by atoms with Gasteiger partial charge in [0.25, 0.3) is 15.9 Å². The van der Waals surface area contributed by atoms with E-state index in [1.165, 1.54) is 25.5 Å². The van der Waals surface area contributed by atoms with Crippen molar-refractivity contribution in [3.05, 3.63) is 105 Å². The fourth-order valence-corrected chi connectivity index (χ4v) is 5.89. The van der Waals surface area contributed by atoms with Crippen molar-refractivity contribution in [2.45, 2.75) is 25.7 Å². The van der Waals surface area contributed by atoms with E-state index < -0.39 is 22.5 Å². The molecule has 0 unspecified atom stereocenters. The molecule has 40 heavy (non-hydrogen) atoms. The summed E-state index contributed by atoms with van der Waals surface area (Å²) in [5, 5.41) is 5.00. The lowest BCUT2D eigenvalue weighted by Crippen LogP contribution is -2.39. The molecule has 0 bridgehead atoms. The highest BCUT2D eigenvalue weighted by Gasteiger charge is 2.27. The first kappa shape index (κ1) is 29.2. The number of aryl methyl sites for hydroxylation is 2. The summed E-state index contributed by atoms with van der Waals surface area (Å²) in [4.78, 5) is 13.0. The molecule has 0 spiro atoms. The molecule has 0 radical (unpaired) electrons. The van der Waals surface area contributed by atoms with E-state index in [1.807, 2.05) is 37.5 Å². The number of amides is 1. The van der Waals surface area contributed by atoms with Crippen molar-refractivity contribution in [3.8, 4) is 11.4 Å². The van der Waals surface area contributed by atoms with Crippen LogP contribution in [0.5, 0.6) is 5.75 Å². The van der Waals surface area contributed by atoms with Crippen molar-refractivity contribution in [1.29, 1.82) is 0 Å². The Hall–Kier alpha value is -3.79. The number of anilines is 1. The van der Waals surface area contributed by atoms with Crippen molar-refractivity contribution >= 4 is 51.0 Å². The number of hydrogen-bond donors (Lipinski definition) is 1. The Morgan fingerprint density at radius 1 is 0.975 bits per heavy atom. The van der Waals surface area contributed by atoms with Gasteiger partial charge in [-0.15, -0.1) is 0 Å². The fourth-order valence-electron chi connectivity index (χ4n) is 4.18. The molecular formula is C29H28Cl2N4O4S. The summed E-state index contributed by atoms with van der Waals surface area (Å²) in [6.07, 6.45) is 1.51. The zero-order chi connectivity index (χ0) is 29.0. The van der Waals surface area contributed by atoms with Gasteiger partial charge in [0.1, 0.15) is 12.3 Å². The Balaban J connectivity index is 1.56. The first-order chi connectivity index (χ1) is 19.0. The number of carbonyl (C=O) groups excluding carboxylic acids is 1. The van der Waals surface area contributed by atoms with Crippen LogP contribution in [0.15, 0.2) is 82.8 Å². The number of carbonyl (C=O) groups is 1. The number of aromatic nitrogens is 1. The molecule has 1 aromatic heterocycles. The minimum absolute atomic E-state index is 0.0694. The number of sulfonamides is 1. The summed E-state index contributed by atoms with van der Waals surface area (Å²) in [5.41, 5.74) is 7.08. The van der Waals surface area contributed by atoms with Gasteiger partial charge in [-0.05, 0) is 81.4 Å². The van der Waals surface area contributed by atoms with Crippen LogP contribution < -0.4 is 14.5 Å². The molecule has 0 fully saturated rings. The van der Waals surface area contributed by atoms with Crippen LogP contribution in [0, 0.1) is 20.8 Å². The van der Waals surface area contributed by atoms with Gasteiger partial charge >= 0.3 is 0 Å². The Kier molecular flexibility index (Phi) is 8.88. The van der Waals surface area contributed by atoms with Gasteiger partial charge in [-0.3, -0.25) is 9.10 Å². The Morgan fingerprint density at radius 2 is 1.65 bits per heavy atom. The lowest BCUT2D eigenvalue weighted by atomic mass is 10.2. The third-order valence-electron chi connectivity index (χ3n) is 6.28. The van der Waals surface area contributed by atoms with Gasteiger partial charge in [-0.2, -0.15) is 5.10 Å². The molecule has 0 saturated heterocycles. The summed E-state index contributed by atoms with van der Waals surface area (Å²) in [5.74, 6) is -0.0509. The van der Waals surface area contributed by atoms with Crippen molar-refractivity contribution in [3.63, 3.8) is 0 Å². The first-order valence-electron chi connectivity index (χ1n) is 12.2. The van der Waals surface area contributed by atoms with Crippen LogP contribution in [0.25, 0.3) is 5.69 Å². The van der Waals surface area contributed by atoms with Crippen LogP contribution in [-0.4, -0.2) is 38.8 Å². The van der Waals surface area contributed by atoms with E-state index in [9.17, 15) is 13.2 Å². The summed E-state index contributed by atoms with van der Waals surface area (Å²) >= 11 is 12.3. The lowest BCUT2D eigenvalue weighted by molar-refractivity contribution is -0.119. The average molecular weight is 600 g/mol. The molecule has 0 aliphatic carbocycles. The molecule has 0 aliphatic rings. The highest BCUT2D eigenvalue weighted by molar-refractivity contribution is 7.92. The van der Waals surface area contributed by atoms with E-state index in [0.29, 0.717) is 21.5 Å². The van der Waals surface area contributed by atoms with Gasteiger partial charge < -0.3 is 9.30 Å². The van der Waals surface area contributed by atoms with Crippen molar-refractivity contribution < 1.29 is 17.9 Å². The third-order valence-corrected chi connectivity index (χ3v) is 8.81. The van der Waals surface area contributed by atoms with E-state index in [0.717, 1.165) is 32.5 Å². The number of benzene rings is 3. The number of methoxy groups -OCH3 is 1. The zero-order valence-electron chi connectivity index (χ0n) is 22.4. The van der Waals surface area contributed by atoms with Gasteiger partial charge in [0.15, 0.2) is 0 Å². The molecule has 1 amide bonds. The molecule has 1 N–H and O–H groups in total. The normalized spacial score (nSPS) is 11.6. The standard InChI is InChI=1S/C29H28Cl2N4O4S/c1-19-5-12-26(13-6-19)40(37,38)34(23-7-10-25(39-4)11-8-23)18-29(36)33-32-17-22-15-20(2)35(21(22)3)24-9-14-27(30)28(31)16-24/h5-17H,18H2,1-4H3,(H,33,36)/b32-17+. The second-order valence-electron chi connectivity index (χ2n) is 9.08. The number of hydrogen-bond acceptors (Lipinski definition) is 5. The smallest absolute Gasteiger partial charge is 0.264 e. The van der Waals surface area contributed by atoms with Crippen LogP contribution in [0.4, 0.5) is 5.69 Å². The van der Waals surface area contributed by atoms with Gasteiger partial charge in [0, 0.05) is 22.6 Å². The highest BCUT2D eigenvalue weighted by Crippen LogP contribution is 2.28. The van der Waals surface area contributed by atoms with Gasteiger partial charge in [-0.1, -0.05) is 40.9 Å². The number of nitrogens with one attached hydrogen (secondary N) is 1. The fraction of sp³-hybridized carbons (Fsp3) is 0.172. The van der Waals surface area contributed by atoms with Crippen LogP contribution in [0.3, 0.4) is 0 Å². The number of halogens is 2. The van der Waals surface area contributed by atoms with Crippen LogP contribution >= 0.6 is 23.2 Å². The molecule has 208 valence electrons. The Morgan fingerprint density at radius 3 is 2.27 bits per heavy atom. The van der Waals surface area contributed by atoms with E-state index in [4.69, 9.17) is 27.9 Å². The SMILES string of the molecule is COc1ccc(N(CC(=O)N/N=C/c2cc(C)n(-c3ccc(Cl)c(Cl)c3)c2C)S(=O)(=O)c2ccc(C)cc2)cc1. The zero-order valence-corrected chi connectivity index (χ0v) is 24.7. The Bertz CT molecular complexity index is 1670. The first-order valence-corrected chi connectivity index (χ1v) is 14.4. The maximum absolute atomic E-state index is 13.5. The van der Waals surface area contributed by atoms with Gasteiger partial charge in [-0.25, -0.2) is 13.8 Å². The molecule has 11 heteroatoms. The van der Waals surface area contributed by atoms with Crippen molar-refractivity contribution in [2.75, 3.05) is 18.0 Å². The molecule has 0 saturated carbocycles. The molecule has 1 heterocycles. The number of rotatable bonds is 9. The number of nitrogens with zero attached hydrogens (tertiary/aromatic N) is 3. The minimum atomic E-state index is -4.05. The second kappa shape index (κ2) is 12.2. The summed E-state index contributed by atoms with van der Waals surface area (Å²) in [6.45, 7) is 5.24. The lowest BCUT2D eigenvalue weighted by Gasteiger charge is -2.24. The van der Waals surface area contributed by atoms with Gasteiger partial charge in [0.05, 0.1) is 34.0 Å². The third kappa shape index (κ3) is 6.33. The van der Waals surface area contributed by atoms with E-state index in [-0.39, 0.29) is 4.90 Å². The maximum Gasteiger partial charge on any atom is 0.264 e. The molecule has 4 aromatic rings. The van der Waals surface area contributed by atoms with Crippen molar-refractivity contribution in [2.24, 2.45) is 5.10 Å². The molecule has 0 aliphatic heterocycles. The van der Waals surface area contributed by atoms with E-state index >= 15 is 0 Å². The van der Waals surface area contributed by atoms with Crippen LogP contribution in [0.1, 0.15) is 22.5 Å². The average Bonchev–Trinajstić information content (AvgIpc) is 3.21. The number of hydrazone groups is 1. The second-order valence-corrected chi connectivity index (χ2v) is 11.8. The molecule has 3 aromatic carbocycles. The summed E-state index contributed by atoms with van der Waals surface area (Å²) < 4.78 is 35.3. The quantitative estimate of drug-likeness (QED) is 0.187. The molecule has 8 nitrogen and oxygen atoms in total. The van der Waals surface area contributed by atoms with Gasteiger partial charge in [0.2, 0.25) is 0 Å². The van der Waals surface area contributed by atoms with Crippen LogP contribution in [-0.2, 0) is 14.8 Å². The summed E-state index contributed by atoms with van der Waals surface area (Å²) in [7, 11) is -2.54. The molecular weight excluding hydrogens is 571 g/mol. The Labute approximate surface area is 243 Å². The van der Waals surface area contributed by atoms with E-state index in [1.54, 1.807) is 48.5 Å². The largest absolute Gasteiger partial charge is 0.497 e. The predicted molar refractivity (Wildman–Crippen MR) is 160 cm³/mol.